The maximum absolute atomic E-state index is 5.76. The molecule has 0 aliphatic carbocycles. The Bertz CT molecular complexity index is 511. The second-order valence-corrected chi connectivity index (χ2v) is 4.50. The maximum atomic E-state index is 5.76. The molecule has 102 valence electrons. The summed E-state index contributed by atoms with van der Waals surface area (Å²) in [6.07, 6.45) is 3.01. The molecule has 2 aromatic rings. The minimum Gasteiger partial charge on any atom is -0.370 e. The molecule has 1 aromatic heterocycles. The number of para-hydroxylation sites is 2. The highest BCUT2D eigenvalue weighted by Gasteiger charge is 2.01. The summed E-state index contributed by atoms with van der Waals surface area (Å²) in [5.74, 6) is 1.49. The van der Waals surface area contributed by atoms with Gasteiger partial charge in [0.1, 0.15) is 5.82 Å². The first-order chi connectivity index (χ1) is 9.29. The van der Waals surface area contributed by atoms with Gasteiger partial charge in [-0.25, -0.2) is 4.98 Å². The highest BCUT2D eigenvalue weighted by atomic mass is 15.1. The first-order valence-electron chi connectivity index (χ1n) is 6.77. The van der Waals surface area contributed by atoms with Crippen molar-refractivity contribution in [2.24, 2.45) is 10.7 Å². The Kier molecular flexibility index (Phi) is 4.78. The van der Waals surface area contributed by atoms with Crippen LogP contribution in [-0.2, 0) is 6.42 Å². The van der Waals surface area contributed by atoms with Crippen LogP contribution in [-0.4, -0.2) is 29.0 Å². The molecule has 5 nitrogen and oxygen atoms in total. The average molecular weight is 259 g/mol. The number of unbranched alkanes of at least 4 members (excludes halogenated alkanes) is 1. The zero-order valence-corrected chi connectivity index (χ0v) is 11.3. The molecule has 0 saturated carbocycles. The summed E-state index contributed by atoms with van der Waals surface area (Å²) in [6.45, 7) is 3.67. The van der Waals surface area contributed by atoms with E-state index < -0.39 is 0 Å². The Morgan fingerprint density at radius 2 is 2.26 bits per heavy atom. The summed E-state index contributed by atoms with van der Waals surface area (Å²) in [7, 11) is 0. The molecule has 5 heteroatoms. The van der Waals surface area contributed by atoms with Crippen LogP contribution < -0.4 is 11.1 Å². The Morgan fingerprint density at radius 1 is 1.42 bits per heavy atom. The van der Waals surface area contributed by atoms with Crippen molar-refractivity contribution in [3.05, 3.63) is 30.1 Å². The first-order valence-corrected chi connectivity index (χ1v) is 6.77. The molecule has 0 saturated heterocycles. The fourth-order valence-corrected chi connectivity index (χ4v) is 1.85. The van der Waals surface area contributed by atoms with Crippen molar-refractivity contribution in [2.75, 3.05) is 13.1 Å². The second kappa shape index (κ2) is 6.78. The van der Waals surface area contributed by atoms with E-state index >= 15 is 0 Å². The maximum Gasteiger partial charge on any atom is 0.188 e. The predicted molar refractivity (Wildman–Crippen MR) is 79.2 cm³/mol. The van der Waals surface area contributed by atoms with E-state index in [4.69, 9.17) is 5.73 Å². The summed E-state index contributed by atoms with van der Waals surface area (Å²) in [4.78, 5) is 12.0. The first kappa shape index (κ1) is 13.4. The topological polar surface area (TPSA) is 79.1 Å². The van der Waals surface area contributed by atoms with Gasteiger partial charge in [-0.15, -0.1) is 0 Å². The van der Waals surface area contributed by atoms with Crippen LogP contribution in [0.4, 0.5) is 0 Å². The third-order valence-corrected chi connectivity index (χ3v) is 2.90. The molecule has 0 unspecified atom stereocenters. The van der Waals surface area contributed by atoms with E-state index in [0.29, 0.717) is 5.96 Å². The smallest absolute Gasteiger partial charge is 0.188 e. The van der Waals surface area contributed by atoms with Crippen LogP contribution in [0.15, 0.2) is 29.3 Å². The molecule has 0 aliphatic heterocycles. The van der Waals surface area contributed by atoms with Gasteiger partial charge in [0.25, 0.3) is 0 Å². The lowest BCUT2D eigenvalue weighted by atomic mass is 10.3. The fourth-order valence-electron chi connectivity index (χ4n) is 1.85. The van der Waals surface area contributed by atoms with Crippen molar-refractivity contribution >= 4 is 17.0 Å². The average Bonchev–Trinajstić information content (AvgIpc) is 2.81. The fraction of sp³-hybridized carbons (Fsp3) is 0.429. The lowest BCUT2D eigenvalue weighted by molar-refractivity contribution is 0.783. The molecule has 1 heterocycles. The lowest BCUT2D eigenvalue weighted by Crippen LogP contribution is -2.33. The van der Waals surface area contributed by atoms with Crippen molar-refractivity contribution < 1.29 is 0 Å². The van der Waals surface area contributed by atoms with Crippen molar-refractivity contribution in [3.8, 4) is 0 Å². The molecular weight excluding hydrogens is 238 g/mol. The number of hydrogen-bond donors (Lipinski definition) is 3. The molecule has 0 atom stereocenters. The zero-order valence-electron chi connectivity index (χ0n) is 11.3. The molecule has 0 fully saturated rings. The predicted octanol–water partition coefficient (Wildman–Crippen LogP) is 1.81. The molecule has 0 spiro atoms. The van der Waals surface area contributed by atoms with E-state index in [0.717, 1.165) is 49.2 Å². The summed E-state index contributed by atoms with van der Waals surface area (Å²) >= 11 is 0. The van der Waals surface area contributed by atoms with Gasteiger partial charge in [-0.05, 0) is 18.6 Å². The molecule has 1 aromatic carbocycles. The van der Waals surface area contributed by atoms with Gasteiger partial charge in [0.2, 0.25) is 0 Å². The summed E-state index contributed by atoms with van der Waals surface area (Å²) < 4.78 is 0. The summed E-state index contributed by atoms with van der Waals surface area (Å²) in [5.41, 5.74) is 7.84. The van der Waals surface area contributed by atoms with E-state index in [9.17, 15) is 0 Å². The van der Waals surface area contributed by atoms with Crippen LogP contribution >= 0.6 is 0 Å². The number of aromatic amines is 1. The summed E-state index contributed by atoms with van der Waals surface area (Å²) in [5, 5.41) is 3.10. The van der Waals surface area contributed by atoms with Crippen molar-refractivity contribution in [1.29, 1.82) is 0 Å². The van der Waals surface area contributed by atoms with Gasteiger partial charge in [0.05, 0.1) is 11.0 Å². The Balaban J connectivity index is 1.80. The molecule has 0 bridgehead atoms. The molecule has 0 amide bonds. The molecule has 0 aliphatic rings. The van der Waals surface area contributed by atoms with Gasteiger partial charge in [-0.3, -0.25) is 4.99 Å². The second-order valence-electron chi connectivity index (χ2n) is 4.50. The molecule has 4 N–H and O–H groups in total. The number of imidazole rings is 1. The molecule has 0 radical (unpaired) electrons. The minimum absolute atomic E-state index is 0.518. The van der Waals surface area contributed by atoms with Crippen LogP contribution in [0.2, 0.25) is 0 Å². The van der Waals surface area contributed by atoms with E-state index in [1.165, 1.54) is 0 Å². The SMILES string of the molecule is CCCCN=C(N)NCCc1nc2ccccc2[nH]1. The Labute approximate surface area is 113 Å². The number of aromatic nitrogens is 2. The van der Waals surface area contributed by atoms with Gasteiger partial charge in [0, 0.05) is 19.5 Å². The molecule has 19 heavy (non-hydrogen) atoms. The number of nitrogens with zero attached hydrogens (tertiary/aromatic N) is 2. The van der Waals surface area contributed by atoms with Crippen molar-refractivity contribution in [1.82, 2.24) is 15.3 Å². The Hall–Kier alpha value is -2.04. The number of benzene rings is 1. The number of rotatable bonds is 6. The number of nitrogens with one attached hydrogen (secondary N) is 2. The van der Waals surface area contributed by atoms with E-state index in [-0.39, 0.29) is 0 Å². The highest BCUT2D eigenvalue weighted by molar-refractivity contribution is 5.77. The number of guanidine groups is 1. The van der Waals surface area contributed by atoms with Gasteiger partial charge in [-0.1, -0.05) is 25.5 Å². The third-order valence-electron chi connectivity index (χ3n) is 2.90. The number of fused-ring (bicyclic) bond motifs is 1. The van der Waals surface area contributed by atoms with Gasteiger partial charge in [-0.2, -0.15) is 0 Å². The van der Waals surface area contributed by atoms with Crippen LogP contribution in [0.1, 0.15) is 25.6 Å². The van der Waals surface area contributed by atoms with E-state index in [1.807, 2.05) is 24.3 Å². The summed E-state index contributed by atoms with van der Waals surface area (Å²) in [6, 6.07) is 8.02. The van der Waals surface area contributed by atoms with Crippen LogP contribution in [0, 0.1) is 0 Å². The molecular formula is C14H21N5. The standard InChI is InChI=1S/C14H21N5/c1-2-3-9-16-14(15)17-10-8-13-18-11-6-4-5-7-12(11)19-13/h4-7H,2-3,8-10H2,1H3,(H,18,19)(H3,15,16,17). The van der Waals surface area contributed by atoms with Crippen molar-refractivity contribution in [3.63, 3.8) is 0 Å². The van der Waals surface area contributed by atoms with Crippen LogP contribution in [0.3, 0.4) is 0 Å². The van der Waals surface area contributed by atoms with Gasteiger partial charge in [0.15, 0.2) is 5.96 Å². The minimum atomic E-state index is 0.518. The number of hydrogen-bond acceptors (Lipinski definition) is 2. The van der Waals surface area contributed by atoms with Crippen LogP contribution in [0.25, 0.3) is 11.0 Å². The van der Waals surface area contributed by atoms with Gasteiger partial charge >= 0.3 is 0 Å². The van der Waals surface area contributed by atoms with E-state index in [1.54, 1.807) is 0 Å². The van der Waals surface area contributed by atoms with E-state index in [2.05, 4.69) is 27.2 Å². The monoisotopic (exact) mass is 259 g/mol. The quantitative estimate of drug-likeness (QED) is 0.420. The normalized spacial score (nSPS) is 11.9. The van der Waals surface area contributed by atoms with Gasteiger partial charge < -0.3 is 16.0 Å². The number of aliphatic imine (C=N–C) groups is 1. The lowest BCUT2D eigenvalue weighted by Gasteiger charge is -2.03. The molecule has 2 rings (SSSR count). The van der Waals surface area contributed by atoms with Crippen molar-refractivity contribution in [2.45, 2.75) is 26.2 Å². The zero-order chi connectivity index (χ0) is 13.5. The number of nitrogens with two attached hydrogens (primary N) is 1. The third kappa shape index (κ3) is 3.98. The largest absolute Gasteiger partial charge is 0.370 e. The Morgan fingerprint density at radius 3 is 3.05 bits per heavy atom. The number of H-pyrrole nitrogens is 1. The highest BCUT2D eigenvalue weighted by Crippen LogP contribution is 2.10. The van der Waals surface area contributed by atoms with Crippen LogP contribution in [0.5, 0.6) is 0 Å².